The number of carboxylic acids is 1. The van der Waals surface area contributed by atoms with Gasteiger partial charge in [0, 0.05) is 18.1 Å². The molecule has 1 amide bonds. The van der Waals surface area contributed by atoms with E-state index in [0.29, 0.717) is 18.1 Å². The van der Waals surface area contributed by atoms with Gasteiger partial charge < -0.3 is 10.0 Å². The molecule has 0 bridgehead atoms. The lowest BCUT2D eigenvalue weighted by molar-refractivity contribution is -0.148. The number of carboxylic acid groups (broad SMARTS) is 1. The average molecular weight is 241 g/mol. The summed E-state index contributed by atoms with van der Waals surface area (Å²) < 4.78 is 0. The normalized spacial score (nSPS) is 42.0. The standard InChI is InChI=1S/C11H15NO3S/c13-9-5-7-3-1-2-4-11(7)12(9)8(6-16-11)10(14)15/h7-8H,1-6H2,(H,14,15)/t7-,8+,11-/m1/s1. The first-order valence-electron chi connectivity index (χ1n) is 5.84. The second-order valence-electron chi connectivity index (χ2n) is 4.92. The number of aliphatic carboxylic acids is 1. The topological polar surface area (TPSA) is 57.6 Å². The van der Waals surface area contributed by atoms with E-state index in [1.165, 1.54) is 6.42 Å². The third-order valence-electron chi connectivity index (χ3n) is 4.16. The second kappa shape index (κ2) is 3.39. The number of carbonyl (C=O) groups excluding carboxylic acids is 1. The molecule has 0 aromatic carbocycles. The van der Waals surface area contributed by atoms with Crippen molar-refractivity contribution in [3.63, 3.8) is 0 Å². The summed E-state index contributed by atoms with van der Waals surface area (Å²) >= 11 is 1.71. The Balaban J connectivity index is 1.98. The second-order valence-corrected chi connectivity index (χ2v) is 6.25. The third-order valence-corrected chi connectivity index (χ3v) is 5.88. The number of carbonyl (C=O) groups is 2. The first-order chi connectivity index (χ1) is 7.65. The molecular formula is C11H15NO3S. The SMILES string of the molecule is O=C(O)[C@@H]1CS[C@]23CCCC[C@@H]2CC(=O)N13. The maximum Gasteiger partial charge on any atom is 0.327 e. The van der Waals surface area contributed by atoms with Gasteiger partial charge in [-0.15, -0.1) is 11.8 Å². The van der Waals surface area contributed by atoms with Crippen molar-refractivity contribution < 1.29 is 14.7 Å². The van der Waals surface area contributed by atoms with E-state index in [4.69, 9.17) is 5.11 Å². The van der Waals surface area contributed by atoms with E-state index in [9.17, 15) is 9.59 Å². The van der Waals surface area contributed by atoms with Crippen LogP contribution in [0.5, 0.6) is 0 Å². The van der Waals surface area contributed by atoms with Crippen LogP contribution < -0.4 is 0 Å². The Morgan fingerprint density at radius 2 is 2.31 bits per heavy atom. The molecule has 1 N–H and O–H groups in total. The van der Waals surface area contributed by atoms with E-state index >= 15 is 0 Å². The molecule has 88 valence electrons. The van der Waals surface area contributed by atoms with Crippen LogP contribution in [0.3, 0.4) is 0 Å². The van der Waals surface area contributed by atoms with Crippen molar-refractivity contribution in [2.24, 2.45) is 5.92 Å². The molecule has 3 rings (SSSR count). The van der Waals surface area contributed by atoms with Crippen molar-refractivity contribution in [3.8, 4) is 0 Å². The molecule has 3 fully saturated rings. The Bertz CT molecular complexity index is 359. The number of nitrogens with zero attached hydrogens (tertiary/aromatic N) is 1. The molecule has 0 aromatic heterocycles. The Morgan fingerprint density at radius 3 is 3.06 bits per heavy atom. The predicted octanol–water partition coefficient (Wildman–Crippen LogP) is 1.31. The molecule has 3 atom stereocenters. The molecule has 2 aliphatic heterocycles. The minimum Gasteiger partial charge on any atom is -0.480 e. The van der Waals surface area contributed by atoms with Gasteiger partial charge in [0.25, 0.3) is 0 Å². The largest absolute Gasteiger partial charge is 0.480 e. The zero-order valence-electron chi connectivity index (χ0n) is 9.02. The van der Waals surface area contributed by atoms with Crippen molar-refractivity contribution in [1.29, 1.82) is 0 Å². The van der Waals surface area contributed by atoms with Gasteiger partial charge in [0.05, 0.1) is 4.87 Å². The van der Waals surface area contributed by atoms with Crippen molar-refractivity contribution in [1.82, 2.24) is 4.90 Å². The molecule has 3 aliphatic rings. The quantitative estimate of drug-likeness (QED) is 0.752. The number of hydrogen-bond acceptors (Lipinski definition) is 3. The van der Waals surface area contributed by atoms with E-state index < -0.39 is 12.0 Å². The summed E-state index contributed by atoms with van der Waals surface area (Å²) in [5, 5.41) is 9.16. The van der Waals surface area contributed by atoms with E-state index in [-0.39, 0.29) is 10.8 Å². The monoisotopic (exact) mass is 241 g/mol. The van der Waals surface area contributed by atoms with Gasteiger partial charge in [0.1, 0.15) is 6.04 Å². The zero-order chi connectivity index (χ0) is 11.3. The predicted molar refractivity (Wildman–Crippen MR) is 60.0 cm³/mol. The van der Waals surface area contributed by atoms with E-state index in [1.54, 1.807) is 16.7 Å². The van der Waals surface area contributed by atoms with Crippen molar-refractivity contribution in [3.05, 3.63) is 0 Å². The van der Waals surface area contributed by atoms with E-state index in [2.05, 4.69) is 0 Å². The highest BCUT2D eigenvalue weighted by Crippen LogP contribution is 2.57. The molecule has 5 heteroatoms. The van der Waals surface area contributed by atoms with Gasteiger partial charge in [0.2, 0.25) is 5.91 Å². The summed E-state index contributed by atoms with van der Waals surface area (Å²) in [5.41, 5.74) is 0. The van der Waals surface area contributed by atoms with Gasteiger partial charge in [-0.05, 0) is 12.8 Å². The van der Waals surface area contributed by atoms with Crippen LogP contribution in [0.2, 0.25) is 0 Å². The highest BCUT2D eigenvalue weighted by Gasteiger charge is 2.61. The smallest absolute Gasteiger partial charge is 0.327 e. The van der Waals surface area contributed by atoms with Crippen LogP contribution in [0.1, 0.15) is 32.1 Å². The minimum atomic E-state index is -0.844. The Labute approximate surface area is 98.4 Å². The summed E-state index contributed by atoms with van der Waals surface area (Å²) in [6, 6.07) is -0.583. The number of thioether (sulfide) groups is 1. The van der Waals surface area contributed by atoms with Crippen molar-refractivity contribution in [2.45, 2.75) is 43.0 Å². The van der Waals surface area contributed by atoms with Crippen LogP contribution in [0, 0.1) is 5.92 Å². The van der Waals surface area contributed by atoms with Crippen LogP contribution in [-0.2, 0) is 9.59 Å². The maximum absolute atomic E-state index is 12.0. The highest BCUT2D eigenvalue weighted by atomic mass is 32.2. The van der Waals surface area contributed by atoms with Crippen LogP contribution in [-0.4, -0.2) is 38.5 Å². The fraction of sp³-hybridized carbons (Fsp3) is 0.818. The fourth-order valence-electron chi connectivity index (χ4n) is 3.47. The van der Waals surface area contributed by atoms with Crippen LogP contribution >= 0.6 is 11.8 Å². The Morgan fingerprint density at radius 1 is 1.50 bits per heavy atom. The molecular weight excluding hydrogens is 226 g/mol. The van der Waals surface area contributed by atoms with Gasteiger partial charge in [0.15, 0.2) is 0 Å². The van der Waals surface area contributed by atoms with Gasteiger partial charge in [-0.25, -0.2) is 4.79 Å². The van der Waals surface area contributed by atoms with E-state index in [0.717, 1.165) is 19.3 Å². The van der Waals surface area contributed by atoms with Crippen LogP contribution in [0.4, 0.5) is 0 Å². The summed E-state index contributed by atoms with van der Waals surface area (Å²) in [5.74, 6) is 0.175. The summed E-state index contributed by atoms with van der Waals surface area (Å²) in [6.45, 7) is 0. The molecule has 0 unspecified atom stereocenters. The third kappa shape index (κ3) is 1.18. The Hall–Kier alpha value is -0.710. The van der Waals surface area contributed by atoms with Gasteiger partial charge in [-0.1, -0.05) is 12.8 Å². The highest BCUT2D eigenvalue weighted by molar-refractivity contribution is 8.01. The van der Waals surface area contributed by atoms with Crippen LogP contribution in [0.15, 0.2) is 0 Å². The van der Waals surface area contributed by atoms with Gasteiger partial charge >= 0.3 is 5.97 Å². The molecule has 2 heterocycles. The molecule has 1 spiro atoms. The molecule has 16 heavy (non-hydrogen) atoms. The summed E-state index contributed by atoms with van der Waals surface area (Å²) in [6.07, 6.45) is 4.95. The average Bonchev–Trinajstić information content (AvgIpc) is 2.73. The molecule has 0 radical (unpaired) electrons. The minimum absolute atomic E-state index is 0.0595. The van der Waals surface area contributed by atoms with Crippen molar-refractivity contribution in [2.75, 3.05) is 5.75 Å². The number of hydrogen-bond donors (Lipinski definition) is 1. The Kier molecular flexibility index (Phi) is 2.21. The van der Waals surface area contributed by atoms with Crippen LogP contribution in [0.25, 0.3) is 0 Å². The van der Waals surface area contributed by atoms with Crippen molar-refractivity contribution >= 4 is 23.6 Å². The molecule has 0 aromatic rings. The van der Waals surface area contributed by atoms with Gasteiger partial charge in [-0.3, -0.25) is 4.79 Å². The lowest BCUT2D eigenvalue weighted by Crippen LogP contribution is -2.50. The maximum atomic E-state index is 12.0. The first-order valence-corrected chi connectivity index (χ1v) is 6.82. The molecule has 1 aliphatic carbocycles. The fourth-order valence-corrected chi connectivity index (χ4v) is 5.31. The first kappa shape index (κ1) is 10.4. The summed E-state index contributed by atoms with van der Waals surface area (Å²) in [4.78, 5) is 24.7. The molecule has 1 saturated carbocycles. The van der Waals surface area contributed by atoms with Gasteiger partial charge in [-0.2, -0.15) is 0 Å². The lowest BCUT2D eigenvalue weighted by atomic mass is 9.84. The summed E-state index contributed by atoms with van der Waals surface area (Å²) in [7, 11) is 0. The molecule has 4 nitrogen and oxygen atoms in total. The number of rotatable bonds is 1. The van der Waals surface area contributed by atoms with E-state index in [1.807, 2.05) is 0 Å². The number of amides is 1. The zero-order valence-corrected chi connectivity index (χ0v) is 9.83. The molecule has 2 saturated heterocycles. The lowest BCUT2D eigenvalue weighted by Gasteiger charge is -2.40.